The van der Waals surface area contributed by atoms with Crippen molar-refractivity contribution < 1.29 is 9.18 Å². The van der Waals surface area contributed by atoms with Crippen molar-refractivity contribution in [1.82, 2.24) is 4.90 Å². The lowest BCUT2D eigenvalue weighted by Gasteiger charge is -2.21. The van der Waals surface area contributed by atoms with E-state index in [4.69, 9.17) is 0 Å². The Morgan fingerprint density at radius 1 is 1.27 bits per heavy atom. The fourth-order valence-electron chi connectivity index (χ4n) is 1.54. The predicted octanol–water partition coefficient (Wildman–Crippen LogP) is 2.44. The smallest absolute Gasteiger partial charge is 0.151 e. The molecule has 84 valence electrons. The van der Waals surface area contributed by atoms with Gasteiger partial charge in [-0.2, -0.15) is 0 Å². The molecule has 0 aliphatic rings. The second kappa shape index (κ2) is 5.83. The number of nitrogens with zero attached hydrogens (tertiary/aromatic N) is 1. The number of rotatable bonds is 3. The second-order valence-corrected chi connectivity index (χ2v) is 3.53. The van der Waals surface area contributed by atoms with E-state index in [1.165, 1.54) is 19.1 Å². The third-order valence-electron chi connectivity index (χ3n) is 2.09. The van der Waals surface area contributed by atoms with Crippen LogP contribution < -0.4 is 0 Å². The Hall–Kier alpha value is -0.930. The Balaban J connectivity index is 0.00000196. The van der Waals surface area contributed by atoms with Gasteiger partial charge in [0, 0.05) is 0 Å². The molecule has 15 heavy (non-hydrogen) atoms. The van der Waals surface area contributed by atoms with E-state index in [2.05, 4.69) is 0 Å². The van der Waals surface area contributed by atoms with Crippen LogP contribution in [0.2, 0.25) is 0 Å². The van der Waals surface area contributed by atoms with Crippen molar-refractivity contribution in [3.63, 3.8) is 0 Å². The molecule has 0 aliphatic heterocycles. The summed E-state index contributed by atoms with van der Waals surface area (Å²) >= 11 is 0. The fourth-order valence-corrected chi connectivity index (χ4v) is 1.54. The highest BCUT2D eigenvalue weighted by atomic mass is 35.5. The molecule has 0 aromatic heterocycles. The van der Waals surface area contributed by atoms with Crippen LogP contribution in [0.25, 0.3) is 0 Å². The van der Waals surface area contributed by atoms with E-state index in [0.717, 1.165) is 5.56 Å². The van der Waals surface area contributed by atoms with E-state index >= 15 is 0 Å². The number of carbonyl (C=O) groups excluding carboxylic acids is 1. The molecule has 0 aliphatic carbocycles. The standard InChI is InChI=1S/C11H14FNO.ClH/c1-8(14)11(13(2)3)9-4-6-10(12)7-5-9;/h4-7,11H,1-3H3;1H. The van der Waals surface area contributed by atoms with E-state index in [1.807, 2.05) is 19.0 Å². The van der Waals surface area contributed by atoms with Crippen molar-refractivity contribution in [3.8, 4) is 0 Å². The zero-order valence-electron chi connectivity index (χ0n) is 9.03. The highest BCUT2D eigenvalue weighted by Gasteiger charge is 2.18. The van der Waals surface area contributed by atoms with Crippen molar-refractivity contribution >= 4 is 18.2 Å². The van der Waals surface area contributed by atoms with E-state index in [1.54, 1.807) is 12.1 Å². The molecule has 4 heteroatoms. The van der Waals surface area contributed by atoms with Gasteiger partial charge in [-0.15, -0.1) is 12.4 Å². The monoisotopic (exact) mass is 231 g/mol. The third-order valence-corrected chi connectivity index (χ3v) is 2.09. The van der Waals surface area contributed by atoms with Crippen LogP contribution in [0.5, 0.6) is 0 Å². The van der Waals surface area contributed by atoms with Gasteiger partial charge < -0.3 is 0 Å². The predicted molar refractivity (Wildman–Crippen MR) is 60.8 cm³/mol. The summed E-state index contributed by atoms with van der Waals surface area (Å²) in [6.45, 7) is 1.54. The molecular weight excluding hydrogens is 217 g/mol. The molecule has 0 saturated heterocycles. The van der Waals surface area contributed by atoms with E-state index in [-0.39, 0.29) is 30.0 Å². The molecule has 2 nitrogen and oxygen atoms in total. The van der Waals surface area contributed by atoms with Crippen molar-refractivity contribution in [2.45, 2.75) is 13.0 Å². The van der Waals surface area contributed by atoms with Crippen LogP contribution in [0.3, 0.4) is 0 Å². The third kappa shape index (κ3) is 3.61. The van der Waals surface area contributed by atoms with Crippen LogP contribution in [-0.2, 0) is 4.79 Å². The normalized spacial score (nSPS) is 12.1. The van der Waals surface area contributed by atoms with Gasteiger partial charge >= 0.3 is 0 Å². The van der Waals surface area contributed by atoms with Gasteiger partial charge in [-0.25, -0.2) is 4.39 Å². The lowest BCUT2D eigenvalue weighted by atomic mass is 10.0. The lowest BCUT2D eigenvalue weighted by molar-refractivity contribution is -0.121. The highest BCUT2D eigenvalue weighted by Crippen LogP contribution is 2.19. The van der Waals surface area contributed by atoms with Crippen molar-refractivity contribution in [1.29, 1.82) is 0 Å². The number of halogens is 2. The molecule has 0 heterocycles. The molecule has 1 aromatic carbocycles. The molecule has 1 unspecified atom stereocenters. The topological polar surface area (TPSA) is 20.3 Å². The summed E-state index contributed by atoms with van der Waals surface area (Å²) in [6.07, 6.45) is 0. The molecule has 0 radical (unpaired) electrons. The van der Waals surface area contributed by atoms with Crippen molar-refractivity contribution in [2.75, 3.05) is 14.1 Å². The summed E-state index contributed by atoms with van der Waals surface area (Å²) in [5, 5.41) is 0. The number of benzene rings is 1. The summed E-state index contributed by atoms with van der Waals surface area (Å²) < 4.78 is 12.7. The Morgan fingerprint density at radius 3 is 2.07 bits per heavy atom. The Kier molecular flexibility index (Phi) is 5.47. The first kappa shape index (κ1) is 14.1. The molecule has 0 spiro atoms. The summed E-state index contributed by atoms with van der Waals surface area (Å²) in [6, 6.07) is 5.74. The maximum atomic E-state index is 12.7. The molecule has 1 atom stereocenters. The summed E-state index contributed by atoms with van der Waals surface area (Å²) in [5.41, 5.74) is 0.823. The number of hydrogen-bond acceptors (Lipinski definition) is 2. The SMILES string of the molecule is CC(=O)C(c1ccc(F)cc1)N(C)C.Cl. The molecule has 0 fully saturated rings. The van der Waals surface area contributed by atoms with Crippen LogP contribution in [0.4, 0.5) is 4.39 Å². The van der Waals surface area contributed by atoms with Gasteiger partial charge in [-0.1, -0.05) is 12.1 Å². The molecule has 1 aromatic rings. The average Bonchev–Trinajstić information content (AvgIpc) is 2.07. The van der Waals surface area contributed by atoms with E-state index in [0.29, 0.717) is 0 Å². The number of ketones is 1. The largest absolute Gasteiger partial charge is 0.298 e. The van der Waals surface area contributed by atoms with Gasteiger partial charge in [0.1, 0.15) is 5.82 Å². The fraction of sp³-hybridized carbons (Fsp3) is 0.364. The highest BCUT2D eigenvalue weighted by molar-refractivity contribution is 5.85. The summed E-state index contributed by atoms with van der Waals surface area (Å²) in [4.78, 5) is 13.2. The zero-order valence-corrected chi connectivity index (χ0v) is 9.84. The Labute approximate surface area is 95.5 Å². The van der Waals surface area contributed by atoms with Gasteiger partial charge in [0.25, 0.3) is 0 Å². The molecule has 0 amide bonds. The number of Topliss-reactive ketones (excluding diaryl/α,β-unsaturated/α-hetero) is 1. The minimum absolute atomic E-state index is 0. The van der Waals surface area contributed by atoms with Gasteiger partial charge in [-0.05, 0) is 38.7 Å². The van der Waals surface area contributed by atoms with Gasteiger partial charge in [-0.3, -0.25) is 9.69 Å². The number of carbonyl (C=O) groups is 1. The molecule has 0 bridgehead atoms. The zero-order chi connectivity index (χ0) is 10.7. The minimum atomic E-state index is -0.283. The van der Waals surface area contributed by atoms with Crippen LogP contribution in [0.15, 0.2) is 24.3 Å². The van der Waals surface area contributed by atoms with Crippen molar-refractivity contribution in [3.05, 3.63) is 35.6 Å². The first-order valence-electron chi connectivity index (χ1n) is 4.44. The molecule has 1 rings (SSSR count). The quantitative estimate of drug-likeness (QED) is 0.797. The van der Waals surface area contributed by atoms with Gasteiger partial charge in [0.15, 0.2) is 5.78 Å². The first-order chi connectivity index (χ1) is 6.52. The average molecular weight is 232 g/mol. The number of hydrogen-bond donors (Lipinski definition) is 0. The van der Waals surface area contributed by atoms with Gasteiger partial charge in [0.05, 0.1) is 6.04 Å². The maximum absolute atomic E-state index is 12.7. The van der Waals surface area contributed by atoms with E-state index < -0.39 is 0 Å². The van der Waals surface area contributed by atoms with Crippen molar-refractivity contribution in [2.24, 2.45) is 0 Å². The Bertz CT molecular complexity index is 324. The number of likely N-dealkylation sites (N-methyl/N-ethyl adjacent to an activating group) is 1. The summed E-state index contributed by atoms with van der Waals surface area (Å²) in [5.74, 6) is -0.226. The van der Waals surface area contributed by atoms with Crippen LogP contribution in [0, 0.1) is 5.82 Å². The Morgan fingerprint density at radius 2 is 1.73 bits per heavy atom. The van der Waals surface area contributed by atoms with Crippen LogP contribution in [0.1, 0.15) is 18.5 Å². The molecule has 0 N–H and O–H groups in total. The first-order valence-corrected chi connectivity index (χ1v) is 4.44. The lowest BCUT2D eigenvalue weighted by Crippen LogP contribution is -2.25. The minimum Gasteiger partial charge on any atom is -0.298 e. The van der Waals surface area contributed by atoms with E-state index in [9.17, 15) is 9.18 Å². The summed E-state index contributed by atoms with van der Waals surface area (Å²) in [7, 11) is 3.66. The maximum Gasteiger partial charge on any atom is 0.151 e. The molecule has 0 saturated carbocycles. The van der Waals surface area contributed by atoms with Crippen LogP contribution >= 0.6 is 12.4 Å². The van der Waals surface area contributed by atoms with Crippen LogP contribution in [-0.4, -0.2) is 24.8 Å². The van der Waals surface area contributed by atoms with Gasteiger partial charge in [0.2, 0.25) is 0 Å². The second-order valence-electron chi connectivity index (χ2n) is 3.53. The molecular formula is C11H15ClFNO.